The van der Waals surface area contributed by atoms with E-state index in [0.717, 1.165) is 38.4 Å². The summed E-state index contributed by atoms with van der Waals surface area (Å²) in [6.45, 7) is 6.30. The largest absolute Gasteiger partial charge is 0.508 e. The van der Waals surface area contributed by atoms with Gasteiger partial charge in [-0.15, -0.1) is 0 Å². The number of phenolic OH excluding ortho intramolecular Hbond substituents is 1. The van der Waals surface area contributed by atoms with E-state index < -0.39 is 0 Å². The lowest BCUT2D eigenvalue weighted by atomic mass is 9.57. The third-order valence-electron chi connectivity index (χ3n) is 5.49. The second-order valence-electron chi connectivity index (χ2n) is 7.46. The molecular formula is C19H29N3O2. The number of fused-ring (bicyclic) bond motifs is 1. The van der Waals surface area contributed by atoms with Gasteiger partial charge in [-0.25, -0.2) is 0 Å². The molecule has 0 aromatic heterocycles. The van der Waals surface area contributed by atoms with Gasteiger partial charge in [-0.2, -0.15) is 0 Å². The monoisotopic (exact) mass is 331 g/mol. The average Bonchev–Trinajstić information content (AvgIpc) is 3.03. The molecule has 1 aromatic rings. The summed E-state index contributed by atoms with van der Waals surface area (Å²) in [4.78, 5) is 4.37. The highest BCUT2D eigenvalue weighted by atomic mass is 16.5. The van der Waals surface area contributed by atoms with Gasteiger partial charge in [0.2, 0.25) is 0 Å². The first-order valence-electron chi connectivity index (χ1n) is 8.89. The molecule has 1 aliphatic carbocycles. The number of hydrogen-bond donors (Lipinski definition) is 3. The second-order valence-corrected chi connectivity index (χ2v) is 7.46. The number of aliphatic imine (C=N–C) groups is 1. The molecule has 1 aliphatic heterocycles. The zero-order valence-corrected chi connectivity index (χ0v) is 14.9. The van der Waals surface area contributed by atoms with Gasteiger partial charge >= 0.3 is 0 Å². The summed E-state index contributed by atoms with van der Waals surface area (Å²) in [5, 5.41) is 16.3. The van der Waals surface area contributed by atoms with E-state index in [-0.39, 0.29) is 5.41 Å². The Balaban J connectivity index is 1.43. The van der Waals surface area contributed by atoms with Crippen molar-refractivity contribution >= 4 is 5.96 Å². The molecule has 1 saturated carbocycles. The molecule has 0 bridgehead atoms. The normalized spacial score (nSPS) is 28.1. The van der Waals surface area contributed by atoms with Gasteiger partial charge in [-0.3, -0.25) is 4.99 Å². The summed E-state index contributed by atoms with van der Waals surface area (Å²) in [6, 6.07) is 7.84. The van der Waals surface area contributed by atoms with Gasteiger partial charge in [0, 0.05) is 37.6 Å². The molecule has 1 heterocycles. The first-order chi connectivity index (χ1) is 11.5. The van der Waals surface area contributed by atoms with Crippen LogP contribution in [0.25, 0.3) is 0 Å². The molecule has 5 heteroatoms. The quantitative estimate of drug-likeness (QED) is 0.440. The number of hydrogen-bond acceptors (Lipinski definition) is 3. The minimum absolute atomic E-state index is 0.158. The standard InChI is InChI=1S/C19H29N3O2/c1-19(2)16(15-10-12-24-17(15)19)22-18(20-3)21-11-4-5-13-6-8-14(23)9-7-13/h6-9,15-17,23H,4-5,10-12H2,1-3H3,(H2,20,21,22). The van der Waals surface area contributed by atoms with Gasteiger partial charge < -0.3 is 20.5 Å². The van der Waals surface area contributed by atoms with Crippen LogP contribution in [0.1, 0.15) is 32.3 Å². The zero-order valence-electron chi connectivity index (χ0n) is 14.9. The predicted molar refractivity (Wildman–Crippen MR) is 96.3 cm³/mol. The molecule has 0 spiro atoms. The highest BCUT2D eigenvalue weighted by Crippen LogP contribution is 2.52. The van der Waals surface area contributed by atoms with Gasteiger partial charge in [0.05, 0.1) is 6.10 Å². The van der Waals surface area contributed by atoms with Crippen molar-refractivity contribution in [3.05, 3.63) is 29.8 Å². The van der Waals surface area contributed by atoms with E-state index in [9.17, 15) is 5.11 Å². The Kier molecular flexibility index (Phi) is 4.99. The van der Waals surface area contributed by atoms with Gasteiger partial charge in [-0.05, 0) is 37.0 Å². The van der Waals surface area contributed by atoms with Crippen molar-refractivity contribution in [2.75, 3.05) is 20.2 Å². The van der Waals surface area contributed by atoms with E-state index in [1.54, 1.807) is 12.1 Å². The van der Waals surface area contributed by atoms with Crippen molar-refractivity contribution in [3.8, 4) is 5.75 Å². The van der Waals surface area contributed by atoms with Crippen LogP contribution < -0.4 is 10.6 Å². The summed E-state index contributed by atoms with van der Waals surface area (Å²) in [5.74, 6) is 1.80. The molecule has 3 unspecified atom stereocenters. The average molecular weight is 331 g/mol. The molecule has 1 aromatic carbocycles. The molecule has 132 valence electrons. The van der Waals surface area contributed by atoms with E-state index in [1.165, 1.54) is 5.56 Å². The van der Waals surface area contributed by atoms with Crippen LogP contribution in [-0.2, 0) is 11.2 Å². The van der Waals surface area contributed by atoms with Gasteiger partial charge in [0.15, 0.2) is 5.96 Å². The number of nitrogens with zero attached hydrogens (tertiary/aromatic N) is 1. The maximum Gasteiger partial charge on any atom is 0.191 e. The van der Waals surface area contributed by atoms with Crippen molar-refractivity contribution in [2.45, 2.75) is 45.3 Å². The molecule has 3 atom stereocenters. The molecule has 2 fully saturated rings. The minimum Gasteiger partial charge on any atom is -0.508 e. The molecule has 5 nitrogen and oxygen atoms in total. The van der Waals surface area contributed by atoms with Crippen molar-refractivity contribution in [1.29, 1.82) is 0 Å². The minimum atomic E-state index is 0.158. The van der Waals surface area contributed by atoms with E-state index in [1.807, 2.05) is 19.2 Å². The molecule has 3 N–H and O–H groups in total. The number of rotatable bonds is 5. The van der Waals surface area contributed by atoms with Gasteiger partial charge in [-0.1, -0.05) is 26.0 Å². The zero-order chi connectivity index (χ0) is 17.2. The van der Waals surface area contributed by atoms with Gasteiger partial charge in [0.1, 0.15) is 5.75 Å². The number of aryl methyl sites for hydroxylation is 1. The maximum atomic E-state index is 9.31. The molecule has 0 amide bonds. The fourth-order valence-electron chi connectivity index (χ4n) is 4.12. The lowest BCUT2D eigenvalue weighted by Gasteiger charge is -2.54. The Labute approximate surface area is 144 Å². The Morgan fingerprint density at radius 1 is 1.33 bits per heavy atom. The predicted octanol–water partition coefficient (Wildman–Crippen LogP) is 2.30. The molecule has 0 radical (unpaired) electrons. The topological polar surface area (TPSA) is 65.9 Å². The highest BCUT2D eigenvalue weighted by Gasteiger charge is 2.59. The summed E-state index contributed by atoms with van der Waals surface area (Å²) in [5.41, 5.74) is 1.40. The van der Waals surface area contributed by atoms with Crippen LogP contribution in [0.5, 0.6) is 5.75 Å². The van der Waals surface area contributed by atoms with Crippen molar-refractivity contribution in [3.63, 3.8) is 0 Å². The van der Waals surface area contributed by atoms with E-state index >= 15 is 0 Å². The van der Waals surface area contributed by atoms with Crippen molar-refractivity contribution < 1.29 is 9.84 Å². The highest BCUT2D eigenvalue weighted by molar-refractivity contribution is 5.80. The Bertz CT molecular complexity index is 583. The molecular weight excluding hydrogens is 302 g/mol. The molecule has 24 heavy (non-hydrogen) atoms. The molecule has 1 saturated heterocycles. The lowest BCUT2D eigenvalue weighted by Crippen LogP contribution is -2.67. The number of benzene rings is 1. The van der Waals surface area contributed by atoms with Crippen LogP contribution in [0.4, 0.5) is 0 Å². The van der Waals surface area contributed by atoms with Crippen LogP contribution in [-0.4, -0.2) is 43.4 Å². The Morgan fingerprint density at radius 2 is 2.08 bits per heavy atom. The first-order valence-corrected chi connectivity index (χ1v) is 8.89. The third kappa shape index (κ3) is 3.36. The second kappa shape index (κ2) is 7.01. The number of ether oxygens (including phenoxy) is 1. The van der Waals surface area contributed by atoms with Gasteiger partial charge in [0.25, 0.3) is 0 Å². The summed E-state index contributed by atoms with van der Waals surface area (Å²) >= 11 is 0. The van der Waals surface area contributed by atoms with E-state index in [0.29, 0.717) is 23.8 Å². The summed E-state index contributed by atoms with van der Waals surface area (Å²) in [7, 11) is 1.82. The fraction of sp³-hybridized carbons (Fsp3) is 0.632. The van der Waals surface area contributed by atoms with Crippen molar-refractivity contribution in [2.24, 2.45) is 16.3 Å². The number of guanidine groups is 1. The molecule has 3 rings (SSSR count). The van der Waals surface area contributed by atoms with Crippen LogP contribution in [0.15, 0.2) is 29.3 Å². The number of phenols is 1. The lowest BCUT2D eigenvalue weighted by molar-refractivity contribution is -0.106. The SMILES string of the molecule is CN=C(NCCCc1ccc(O)cc1)NC1C2CCOC2C1(C)C. The summed E-state index contributed by atoms with van der Waals surface area (Å²) < 4.78 is 5.85. The van der Waals surface area contributed by atoms with Crippen LogP contribution in [0.2, 0.25) is 0 Å². The Morgan fingerprint density at radius 3 is 2.79 bits per heavy atom. The van der Waals surface area contributed by atoms with Crippen LogP contribution in [0.3, 0.4) is 0 Å². The van der Waals surface area contributed by atoms with Crippen LogP contribution >= 0.6 is 0 Å². The number of nitrogens with one attached hydrogen (secondary N) is 2. The third-order valence-corrected chi connectivity index (χ3v) is 5.49. The van der Waals surface area contributed by atoms with E-state index in [2.05, 4.69) is 29.5 Å². The van der Waals surface area contributed by atoms with Crippen molar-refractivity contribution in [1.82, 2.24) is 10.6 Å². The number of aromatic hydroxyl groups is 1. The van der Waals surface area contributed by atoms with E-state index in [4.69, 9.17) is 4.74 Å². The summed E-state index contributed by atoms with van der Waals surface area (Å²) in [6.07, 6.45) is 3.54. The Hall–Kier alpha value is -1.75. The molecule has 2 aliphatic rings. The first kappa shape index (κ1) is 17.1. The smallest absolute Gasteiger partial charge is 0.191 e. The maximum absolute atomic E-state index is 9.31. The fourth-order valence-corrected chi connectivity index (χ4v) is 4.12. The van der Waals surface area contributed by atoms with Crippen LogP contribution in [0, 0.1) is 11.3 Å².